The molecule has 110 valence electrons. The minimum atomic E-state index is -4.17. The summed E-state index contributed by atoms with van der Waals surface area (Å²) < 4.78 is 38.4. The molecule has 0 aliphatic carbocycles. The Morgan fingerprint density at radius 2 is 1.90 bits per heavy atom. The van der Waals surface area contributed by atoms with E-state index in [1.807, 2.05) is 0 Å². The monoisotopic (exact) mass is 350 g/mol. The van der Waals surface area contributed by atoms with Crippen molar-refractivity contribution in [3.05, 3.63) is 28.2 Å². The lowest BCUT2D eigenvalue weighted by Crippen LogP contribution is -2.42. The molecule has 0 aromatic heterocycles. The molecule has 0 radical (unpaired) electrons. The minimum Gasteiger partial charge on any atom is -0.398 e. The van der Waals surface area contributed by atoms with Gasteiger partial charge in [0.2, 0.25) is 0 Å². The van der Waals surface area contributed by atoms with E-state index in [9.17, 15) is 18.0 Å². The predicted octanol–water partition coefficient (Wildman–Crippen LogP) is 3.45. The van der Waals surface area contributed by atoms with Crippen molar-refractivity contribution >= 4 is 27.5 Å². The lowest BCUT2D eigenvalue weighted by Gasteiger charge is -2.33. The summed E-state index contributed by atoms with van der Waals surface area (Å²) in [5.74, 6) is -1.58. The van der Waals surface area contributed by atoms with Gasteiger partial charge in [0.1, 0.15) is 0 Å². The molecule has 3 nitrogen and oxygen atoms in total. The maximum absolute atomic E-state index is 12.6. The van der Waals surface area contributed by atoms with Crippen molar-refractivity contribution in [1.29, 1.82) is 0 Å². The van der Waals surface area contributed by atoms with Crippen molar-refractivity contribution in [3.8, 4) is 0 Å². The molecule has 1 heterocycles. The predicted molar refractivity (Wildman–Crippen MR) is 73.2 cm³/mol. The molecule has 2 rings (SSSR count). The van der Waals surface area contributed by atoms with Crippen LogP contribution in [0.2, 0.25) is 0 Å². The summed E-state index contributed by atoms with van der Waals surface area (Å²) in [6.07, 6.45) is -4.25. The molecule has 0 saturated carbocycles. The SMILES string of the molecule is Nc1cc(C(=O)N2CCC(C(F)(F)F)CC2)ccc1Br. The largest absolute Gasteiger partial charge is 0.398 e. The highest BCUT2D eigenvalue weighted by Crippen LogP contribution is 2.34. The van der Waals surface area contributed by atoms with Gasteiger partial charge >= 0.3 is 6.18 Å². The van der Waals surface area contributed by atoms with Gasteiger partial charge in [-0.3, -0.25) is 4.79 Å². The molecule has 0 unspecified atom stereocenters. The molecular weight excluding hydrogens is 337 g/mol. The van der Waals surface area contributed by atoms with Gasteiger partial charge in [0.25, 0.3) is 5.91 Å². The molecule has 1 amide bonds. The summed E-state index contributed by atoms with van der Waals surface area (Å²) in [4.78, 5) is 13.6. The molecule has 2 N–H and O–H groups in total. The summed E-state index contributed by atoms with van der Waals surface area (Å²) in [6.45, 7) is 0.248. The quantitative estimate of drug-likeness (QED) is 0.788. The zero-order valence-electron chi connectivity index (χ0n) is 10.6. The highest BCUT2D eigenvalue weighted by Gasteiger charge is 2.41. The van der Waals surface area contributed by atoms with Crippen LogP contribution in [0.25, 0.3) is 0 Å². The van der Waals surface area contributed by atoms with Crippen LogP contribution in [0.5, 0.6) is 0 Å². The number of piperidine rings is 1. The Bertz CT molecular complexity index is 511. The average molecular weight is 351 g/mol. The molecular formula is C13H14BrF3N2O. The molecule has 7 heteroatoms. The number of nitrogens with zero attached hydrogens (tertiary/aromatic N) is 1. The van der Waals surface area contributed by atoms with Gasteiger partial charge in [-0.15, -0.1) is 0 Å². The second-order valence-corrected chi connectivity index (χ2v) is 5.70. The van der Waals surface area contributed by atoms with Gasteiger partial charge < -0.3 is 10.6 Å². The number of hydrogen-bond donors (Lipinski definition) is 1. The number of rotatable bonds is 1. The number of nitrogen functional groups attached to an aromatic ring is 1. The molecule has 1 saturated heterocycles. The lowest BCUT2D eigenvalue weighted by atomic mass is 9.96. The highest BCUT2D eigenvalue weighted by molar-refractivity contribution is 9.10. The third kappa shape index (κ3) is 3.26. The van der Waals surface area contributed by atoms with Crippen molar-refractivity contribution in [2.24, 2.45) is 5.92 Å². The molecule has 1 aliphatic heterocycles. The molecule has 1 fully saturated rings. The Morgan fingerprint density at radius 1 is 1.30 bits per heavy atom. The fourth-order valence-electron chi connectivity index (χ4n) is 2.27. The zero-order chi connectivity index (χ0) is 14.9. The van der Waals surface area contributed by atoms with Gasteiger partial charge in [0, 0.05) is 28.8 Å². The van der Waals surface area contributed by atoms with Crippen LogP contribution in [-0.4, -0.2) is 30.1 Å². The Morgan fingerprint density at radius 3 is 2.40 bits per heavy atom. The van der Waals surface area contributed by atoms with Gasteiger partial charge in [-0.2, -0.15) is 13.2 Å². The number of likely N-dealkylation sites (tertiary alicyclic amines) is 1. The molecule has 0 spiro atoms. The first-order valence-corrected chi connectivity index (χ1v) is 6.99. The average Bonchev–Trinajstić information content (AvgIpc) is 2.40. The standard InChI is InChI=1S/C13H14BrF3N2O/c14-10-2-1-8(7-11(10)18)12(20)19-5-3-9(4-6-19)13(15,16)17/h1-2,7,9H,3-6,18H2. The highest BCUT2D eigenvalue weighted by atomic mass is 79.9. The Balaban J connectivity index is 2.03. The van der Waals surface area contributed by atoms with Crippen LogP contribution in [0.1, 0.15) is 23.2 Å². The molecule has 0 bridgehead atoms. The second kappa shape index (κ2) is 5.63. The van der Waals surface area contributed by atoms with Crippen LogP contribution in [-0.2, 0) is 0 Å². The van der Waals surface area contributed by atoms with E-state index in [0.717, 1.165) is 0 Å². The van der Waals surface area contributed by atoms with E-state index in [0.29, 0.717) is 15.7 Å². The van der Waals surface area contributed by atoms with E-state index in [1.54, 1.807) is 12.1 Å². The molecule has 0 atom stereocenters. The second-order valence-electron chi connectivity index (χ2n) is 4.84. The number of carbonyl (C=O) groups is 1. The topological polar surface area (TPSA) is 46.3 Å². The molecule has 20 heavy (non-hydrogen) atoms. The number of halogens is 4. The van der Waals surface area contributed by atoms with Crippen molar-refractivity contribution in [1.82, 2.24) is 4.90 Å². The Kier molecular flexibility index (Phi) is 4.27. The first-order chi connectivity index (χ1) is 9.29. The fourth-order valence-corrected chi connectivity index (χ4v) is 2.52. The molecule has 1 aliphatic rings. The van der Waals surface area contributed by atoms with E-state index in [2.05, 4.69) is 15.9 Å². The fraction of sp³-hybridized carbons (Fsp3) is 0.462. The first-order valence-electron chi connectivity index (χ1n) is 6.20. The van der Waals surface area contributed by atoms with Crippen LogP contribution < -0.4 is 5.73 Å². The first kappa shape index (κ1) is 15.2. The van der Waals surface area contributed by atoms with Crippen LogP contribution in [0, 0.1) is 5.92 Å². The number of anilines is 1. The number of carbonyl (C=O) groups excluding carboxylic acids is 1. The van der Waals surface area contributed by atoms with E-state index < -0.39 is 12.1 Å². The van der Waals surface area contributed by atoms with Crippen LogP contribution >= 0.6 is 15.9 Å². The van der Waals surface area contributed by atoms with Crippen molar-refractivity contribution in [2.45, 2.75) is 19.0 Å². The smallest absolute Gasteiger partial charge is 0.391 e. The van der Waals surface area contributed by atoms with Crippen molar-refractivity contribution < 1.29 is 18.0 Å². The number of amides is 1. The van der Waals surface area contributed by atoms with Crippen LogP contribution in [0.4, 0.5) is 18.9 Å². The zero-order valence-corrected chi connectivity index (χ0v) is 12.2. The normalized spacial score (nSPS) is 17.3. The number of nitrogens with two attached hydrogens (primary N) is 1. The van der Waals surface area contributed by atoms with Gasteiger partial charge in [0.15, 0.2) is 0 Å². The number of alkyl halides is 3. The lowest BCUT2D eigenvalue weighted by molar-refractivity contribution is -0.183. The van der Waals surface area contributed by atoms with Gasteiger partial charge in [-0.1, -0.05) is 0 Å². The van der Waals surface area contributed by atoms with E-state index >= 15 is 0 Å². The third-order valence-corrected chi connectivity index (χ3v) is 4.21. The van der Waals surface area contributed by atoms with E-state index in [-0.39, 0.29) is 31.8 Å². The van der Waals surface area contributed by atoms with E-state index in [1.165, 1.54) is 11.0 Å². The number of benzene rings is 1. The summed E-state index contributed by atoms with van der Waals surface area (Å²) in [7, 11) is 0. The van der Waals surface area contributed by atoms with Gasteiger partial charge in [-0.25, -0.2) is 0 Å². The van der Waals surface area contributed by atoms with Crippen molar-refractivity contribution in [3.63, 3.8) is 0 Å². The minimum absolute atomic E-state index is 0.0404. The van der Waals surface area contributed by atoms with E-state index in [4.69, 9.17) is 5.73 Å². The Labute approximate surface area is 123 Å². The van der Waals surface area contributed by atoms with Gasteiger partial charge in [-0.05, 0) is 47.0 Å². The third-order valence-electron chi connectivity index (χ3n) is 3.49. The Hall–Kier alpha value is -1.24. The summed E-state index contributed by atoms with van der Waals surface area (Å²) in [5, 5.41) is 0. The van der Waals surface area contributed by atoms with Crippen LogP contribution in [0.3, 0.4) is 0 Å². The maximum Gasteiger partial charge on any atom is 0.391 e. The molecule has 1 aromatic carbocycles. The van der Waals surface area contributed by atoms with Crippen LogP contribution in [0.15, 0.2) is 22.7 Å². The summed E-state index contributed by atoms with van der Waals surface area (Å²) >= 11 is 3.23. The number of hydrogen-bond acceptors (Lipinski definition) is 2. The summed E-state index contributed by atoms with van der Waals surface area (Å²) in [6, 6.07) is 4.80. The summed E-state index contributed by atoms with van der Waals surface area (Å²) in [5.41, 5.74) is 6.53. The maximum atomic E-state index is 12.6. The van der Waals surface area contributed by atoms with Gasteiger partial charge in [0.05, 0.1) is 5.92 Å². The van der Waals surface area contributed by atoms with Crippen molar-refractivity contribution in [2.75, 3.05) is 18.8 Å². The molecule has 1 aromatic rings.